The smallest absolute Gasteiger partial charge is 0.283 e. The van der Waals surface area contributed by atoms with Crippen LogP contribution in [0, 0.1) is 0 Å². The van der Waals surface area contributed by atoms with Crippen molar-refractivity contribution in [3.05, 3.63) is 66.8 Å². The number of likely N-dealkylation sites (tertiary alicyclic amines) is 1. The van der Waals surface area contributed by atoms with E-state index in [1.165, 1.54) is 0 Å². The number of amides is 1. The van der Waals surface area contributed by atoms with Gasteiger partial charge in [-0.1, -0.05) is 36.4 Å². The van der Waals surface area contributed by atoms with Gasteiger partial charge in [0.1, 0.15) is 0 Å². The zero-order valence-corrected chi connectivity index (χ0v) is 16.5. The molecule has 30 heavy (non-hydrogen) atoms. The van der Waals surface area contributed by atoms with Gasteiger partial charge in [0.25, 0.3) is 5.89 Å². The van der Waals surface area contributed by atoms with Gasteiger partial charge in [0.2, 0.25) is 11.8 Å². The summed E-state index contributed by atoms with van der Waals surface area (Å²) in [7, 11) is 0. The van der Waals surface area contributed by atoms with E-state index in [1.54, 1.807) is 18.4 Å². The molecule has 5 rings (SSSR count). The van der Waals surface area contributed by atoms with E-state index in [4.69, 9.17) is 8.83 Å². The number of hydrogen-bond donors (Lipinski definition) is 1. The Balaban J connectivity index is 1.17. The summed E-state index contributed by atoms with van der Waals surface area (Å²) >= 11 is 0. The first kappa shape index (κ1) is 18.6. The summed E-state index contributed by atoms with van der Waals surface area (Å²) in [5.41, 5.74) is 0.851. The highest BCUT2D eigenvalue weighted by molar-refractivity contribution is 6.02. The van der Waals surface area contributed by atoms with Crippen molar-refractivity contribution >= 4 is 22.4 Å². The van der Waals surface area contributed by atoms with Crippen molar-refractivity contribution in [3.8, 4) is 11.7 Å². The SMILES string of the molecule is O=C(CN1CCC(c2nnc(-c3ccco3)o2)CC1)Nc1cccc2ccccc12. The molecule has 0 bridgehead atoms. The highest BCUT2D eigenvalue weighted by Crippen LogP contribution is 2.29. The highest BCUT2D eigenvalue weighted by Gasteiger charge is 2.26. The van der Waals surface area contributed by atoms with Gasteiger partial charge in [0, 0.05) is 17.0 Å². The van der Waals surface area contributed by atoms with Crippen LogP contribution < -0.4 is 5.32 Å². The molecular formula is C23H22N4O3. The molecule has 1 amide bonds. The molecule has 0 radical (unpaired) electrons. The summed E-state index contributed by atoms with van der Waals surface area (Å²) in [6.07, 6.45) is 3.34. The first-order chi connectivity index (χ1) is 14.8. The first-order valence-corrected chi connectivity index (χ1v) is 10.1. The fraction of sp³-hybridized carbons (Fsp3) is 0.261. The number of rotatable bonds is 5. The van der Waals surface area contributed by atoms with E-state index in [9.17, 15) is 4.79 Å². The lowest BCUT2D eigenvalue weighted by Crippen LogP contribution is -2.38. The van der Waals surface area contributed by atoms with E-state index in [-0.39, 0.29) is 11.8 Å². The molecule has 152 valence electrons. The Morgan fingerprint density at radius 2 is 1.87 bits per heavy atom. The lowest BCUT2D eigenvalue weighted by Gasteiger charge is -2.29. The van der Waals surface area contributed by atoms with E-state index in [1.807, 2.05) is 42.5 Å². The zero-order valence-electron chi connectivity index (χ0n) is 16.5. The summed E-state index contributed by atoms with van der Waals surface area (Å²) in [6.45, 7) is 2.00. The summed E-state index contributed by atoms with van der Waals surface area (Å²) in [4.78, 5) is 14.8. The van der Waals surface area contributed by atoms with Crippen LogP contribution in [0.2, 0.25) is 0 Å². The second-order valence-electron chi connectivity index (χ2n) is 7.55. The number of carbonyl (C=O) groups excluding carboxylic acids is 1. The van der Waals surface area contributed by atoms with Crippen LogP contribution in [-0.4, -0.2) is 40.6 Å². The molecule has 1 aliphatic rings. The van der Waals surface area contributed by atoms with Crippen molar-refractivity contribution in [2.75, 3.05) is 25.0 Å². The minimum absolute atomic E-state index is 0.00250. The van der Waals surface area contributed by atoms with Gasteiger partial charge >= 0.3 is 0 Å². The summed E-state index contributed by atoms with van der Waals surface area (Å²) in [5.74, 6) is 1.84. The van der Waals surface area contributed by atoms with Crippen LogP contribution in [0.1, 0.15) is 24.7 Å². The second kappa shape index (κ2) is 8.12. The van der Waals surface area contributed by atoms with Gasteiger partial charge in [-0.3, -0.25) is 9.69 Å². The van der Waals surface area contributed by atoms with Crippen LogP contribution in [0.15, 0.2) is 69.7 Å². The summed E-state index contributed by atoms with van der Waals surface area (Å²) < 4.78 is 11.1. The molecule has 1 saturated heterocycles. The Hall–Kier alpha value is -3.45. The van der Waals surface area contributed by atoms with E-state index < -0.39 is 0 Å². The fourth-order valence-electron chi connectivity index (χ4n) is 3.96. The average molecular weight is 402 g/mol. The molecular weight excluding hydrogens is 380 g/mol. The number of fused-ring (bicyclic) bond motifs is 1. The van der Waals surface area contributed by atoms with Crippen molar-refractivity contribution in [2.45, 2.75) is 18.8 Å². The molecule has 0 spiro atoms. The van der Waals surface area contributed by atoms with Crippen LogP contribution >= 0.6 is 0 Å². The number of nitrogens with one attached hydrogen (secondary N) is 1. The number of piperidine rings is 1. The predicted octanol–water partition coefficient (Wildman–Crippen LogP) is 4.30. The largest absolute Gasteiger partial charge is 0.459 e. The van der Waals surface area contributed by atoms with E-state index in [0.717, 1.165) is 42.4 Å². The monoisotopic (exact) mass is 402 g/mol. The molecule has 0 atom stereocenters. The Morgan fingerprint density at radius 3 is 2.70 bits per heavy atom. The van der Waals surface area contributed by atoms with Gasteiger partial charge in [-0.05, 0) is 49.5 Å². The lowest BCUT2D eigenvalue weighted by atomic mass is 9.97. The maximum absolute atomic E-state index is 12.6. The first-order valence-electron chi connectivity index (χ1n) is 10.1. The molecule has 2 aromatic heterocycles. The van der Waals surface area contributed by atoms with Crippen LogP contribution in [0.3, 0.4) is 0 Å². The van der Waals surface area contributed by atoms with Crippen molar-refractivity contribution in [1.82, 2.24) is 15.1 Å². The number of nitrogens with zero attached hydrogens (tertiary/aromatic N) is 3. The number of hydrogen-bond acceptors (Lipinski definition) is 6. The number of benzene rings is 2. The van der Waals surface area contributed by atoms with Crippen LogP contribution in [0.25, 0.3) is 22.4 Å². The van der Waals surface area contributed by atoms with Gasteiger partial charge in [0.05, 0.1) is 12.8 Å². The third-order valence-electron chi connectivity index (χ3n) is 5.54. The minimum Gasteiger partial charge on any atom is -0.459 e. The van der Waals surface area contributed by atoms with E-state index in [2.05, 4.69) is 20.4 Å². The number of furan rings is 1. The Labute approximate surface area is 173 Å². The van der Waals surface area contributed by atoms with Crippen molar-refractivity contribution in [1.29, 1.82) is 0 Å². The van der Waals surface area contributed by atoms with Crippen molar-refractivity contribution in [3.63, 3.8) is 0 Å². The quantitative estimate of drug-likeness (QED) is 0.536. The molecule has 0 saturated carbocycles. The van der Waals surface area contributed by atoms with Crippen LogP contribution in [0.5, 0.6) is 0 Å². The molecule has 2 aromatic carbocycles. The van der Waals surface area contributed by atoms with Gasteiger partial charge in [-0.2, -0.15) is 0 Å². The third-order valence-corrected chi connectivity index (χ3v) is 5.54. The van der Waals surface area contributed by atoms with E-state index in [0.29, 0.717) is 24.1 Å². The summed E-state index contributed by atoms with van der Waals surface area (Å²) in [5, 5.41) is 13.5. The van der Waals surface area contributed by atoms with Crippen molar-refractivity contribution in [2.24, 2.45) is 0 Å². The standard InChI is InChI=1S/C23H22N4O3/c28-21(24-19-8-3-6-16-5-1-2-7-18(16)19)15-27-12-10-17(11-13-27)22-25-26-23(30-22)20-9-4-14-29-20/h1-9,14,17H,10-13,15H2,(H,24,28). The van der Waals surface area contributed by atoms with E-state index >= 15 is 0 Å². The normalized spacial score (nSPS) is 15.5. The second-order valence-corrected chi connectivity index (χ2v) is 7.55. The predicted molar refractivity (Wildman–Crippen MR) is 113 cm³/mol. The van der Waals surface area contributed by atoms with Gasteiger partial charge < -0.3 is 14.2 Å². The molecule has 3 heterocycles. The molecule has 1 fully saturated rings. The van der Waals surface area contributed by atoms with Crippen LogP contribution in [0.4, 0.5) is 5.69 Å². The average Bonchev–Trinajstić information content (AvgIpc) is 3.47. The van der Waals surface area contributed by atoms with Crippen molar-refractivity contribution < 1.29 is 13.6 Å². The molecule has 7 nitrogen and oxygen atoms in total. The molecule has 0 unspecified atom stereocenters. The Kier molecular flexibility index (Phi) is 5.03. The zero-order chi connectivity index (χ0) is 20.3. The summed E-state index contributed by atoms with van der Waals surface area (Å²) in [6, 6.07) is 17.6. The van der Waals surface area contributed by atoms with Crippen LogP contribution in [-0.2, 0) is 4.79 Å². The fourth-order valence-corrected chi connectivity index (χ4v) is 3.96. The molecule has 1 aliphatic heterocycles. The topological polar surface area (TPSA) is 84.4 Å². The maximum Gasteiger partial charge on any atom is 0.283 e. The third kappa shape index (κ3) is 3.84. The molecule has 1 N–H and O–H groups in total. The van der Waals surface area contributed by atoms with Gasteiger partial charge in [-0.15, -0.1) is 10.2 Å². The Morgan fingerprint density at radius 1 is 1.03 bits per heavy atom. The highest BCUT2D eigenvalue weighted by atomic mass is 16.4. The number of carbonyl (C=O) groups is 1. The minimum atomic E-state index is 0.00250. The Bertz CT molecular complexity index is 1140. The lowest BCUT2D eigenvalue weighted by molar-refractivity contribution is -0.117. The maximum atomic E-state index is 12.6. The number of anilines is 1. The van der Waals surface area contributed by atoms with Gasteiger partial charge in [0.15, 0.2) is 5.76 Å². The molecule has 0 aliphatic carbocycles. The molecule has 7 heteroatoms. The number of aromatic nitrogens is 2. The van der Waals surface area contributed by atoms with Gasteiger partial charge in [-0.25, -0.2) is 0 Å². The molecule has 4 aromatic rings.